The Bertz CT molecular complexity index is 626. The van der Waals surface area contributed by atoms with Crippen molar-refractivity contribution in [2.24, 2.45) is 5.92 Å². The lowest BCUT2D eigenvalue weighted by Gasteiger charge is -2.32. The number of sulfonamides is 1. The lowest BCUT2D eigenvalue weighted by molar-refractivity contribution is -0.182. The molecule has 1 heterocycles. The van der Waals surface area contributed by atoms with Crippen molar-refractivity contribution in [3.63, 3.8) is 0 Å². The Labute approximate surface area is 129 Å². The van der Waals surface area contributed by atoms with Crippen LogP contribution < -0.4 is 5.73 Å². The van der Waals surface area contributed by atoms with E-state index >= 15 is 0 Å². The molecule has 1 aromatic rings. The molecule has 1 saturated heterocycles. The Morgan fingerprint density at radius 3 is 2.33 bits per heavy atom. The quantitative estimate of drug-likeness (QED) is 0.794. The van der Waals surface area contributed by atoms with Gasteiger partial charge in [0, 0.05) is 23.2 Å². The van der Waals surface area contributed by atoms with Gasteiger partial charge in [-0.2, -0.15) is 17.5 Å². The topological polar surface area (TPSA) is 63.4 Å². The number of hydrogen-bond donors (Lipinski definition) is 1. The SMILES string of the molecule is Nc1ccc(Br)c(S(=O)(=O)N2CCC(C(F)(F)F)CC2)c1. The summed E-state index contributed by atoms with van der Waals surface area (Å²) in [4.78, 5) is -0.0204. The molecule has 0 saturated carbocycles. The number of nitrogens with two attached hydrogens (primary N) is 1. The summed E-state index contributed by atoms with van der Waals surface area (Å²) in [6.07, 6.45) is -4.71. The van der Waals surface area contributed by atoms with Gasteiger partial charge in [0.2, 0.25) is 10.0 Å². The summed E-state index contributed by atoms with van der Waals surface area (Å²) in [7, 11) is -3.85. The second-order valence-corrected chi connectivity index (χ2v) is 7.67. The highest BCUT2D eigenvalue weighted by atomic mass is 79.9. The van der Waals surface area contributed by atoms with Gasteiger partial charge >= 0.3 is 6.18 Å². The van der Waals surface area contributed by atoms with Crippen molar-refractivity contribution in [1.82, 2.24) is 4.31 Å². The molecule has 2 rings (SSSR count). The smallest absolute Gasteiger partial charge is 0.391 e. The molecule has 9 heteroatoms. The van der Waals surface area contributed by atoms with Crippen LogP contribution in [0.1, 0.15) is 12.8 Å². The van der Waals surface area contributed by atoms with Gasteiger partial charge in [-0.05, 0) is 47.0 Å². The van der Waals surface area contributed by atoms with E-state index in [2.05, 4.69) is 15.9 Å². The molecule has 0 unspecified atom stereocenters. The van der Waals surface area contributed by atoms with Crippen molar-refractivity contribution in [3.05, 3.63) is 22.7 Å². The zero-order valence-electron chi connectivity index (χ0n) is 10.9. The first-order valence-corrected chi connectivity index (χ1v) is 8.47. The highest BCUT2D eigenvalue weighted by molar-refractivity contribution is 9.10. The predicted octanol–water partition coefficient (Wildman–Crippen LogP) is 2.99. The van der Waals surface area contributed by atoms with Crippen LogP contribution >= 0.6 is 15.9 Å². The summed E-state index contributed by atoms with van der Waals surface area (Å²) in [5, 5.41) is 0. The van der Waals surface area contributed by atoms with Crippen LogP contribution in [0.5, 0.6) is 0 Å². The third kappa shape index (κ3) is 3.51. The van der Waals surface area contributed by atoms with Crippen molar-refractivity contribution < 1.29 is 21.6 Å². The van der Waals surface area contributed by atoms with Gasteiger partial charge in [0.15, 0.2) is 0 Å². The van der Waals surface area contributed by atoms with Gasteiger partial charge in [0.05, 0.1) is 10.8 Å². The minimum absolute atomic E-state index is 0.0204. The van der Waals surface area contributed by atoms with Crippen molar-refractivity contribution in [2.75, 3.05) is 18.8 Å². The Balaban J connectivity index is 2.21. The molecule has 4 nitrogen and oxygen atoms in total. The van der Waals surface area contributed by atoms with Gasteiger partial charge in [0.25, 0.3) is 0 Å². The van der Waals surface area contributed by atoms with E-state index in [1.54, 1.807) is 6.07 Å². The Morgan fingerprint density at radius 1 is 1.24 bits per heavy atom. The molecule has 1 aliphatic rings. The van der Waals surface area contributed by atoms with E-state index in [1.807, 2.05) is 0 Å². The van der Waals surface area contributed by atoms with Crippen molar-refractivity contribution in [1.29, 1.82) is 0 Å². The molecule has 0 aliphatic carbocycles. The maximum atomic E-state index is 12.6. The Kier molecular flexibility index (Phi) is 4.55. The average Bonchev–Trinajstić information content (AvgIpc) is 2.40. The van der Waals surface area contributed by atoms with E-state index in [1.165, 1.54) is 12.1 Å². The van der Waals surface area contributed by atoms with Gasteiger partial charge in [-0.15, -0.1) is 0 Å². The normalized spacial score (nSPS) is 18.9. The monoisotopic (exact) mass is 386 g/mol. The predicted molar refractivity (Wildman–Crippen MR) is 76.1 cm³/mol. The van der Waals surface area contributed by atoms with Crippen LogP contribution in [0.15, 0.2) is 27.6 Å². The highest BCUT2D eigenvalue weighted by Crippen LogP contribution is 2.36. The molecule has 0 aromatic heterocycles. The first-order valence-electron chi connectivity index (χ1n) is 6.24. The third-order valence-electron chi connectivity index (χ3n) is 3.49. The third-order valence-corrected chi connectivity index (χ3v) is 6.38. The minimum Gasteiger partial charge on any atom is -0.399 e. The Morgan fingerprint density at radius 2 is 1.81 bits per heavy atom. The molecule has 1 aliphatic heterocycles. The first-order chi connectivity index (χ1) is 9.62. The molecular formula is C12H14BrF3N2O2S. The molecule has 0 spiro atoms. The summed E-state index contributed by atoms with van der Waals surface area (Å²) in [5.74, 6) is -1.44. The molecule has 0 radical (unpaired) electrons. The van der Waals surface area contributed by atoms with Crippen LogP contribution in [0.25, 0.3) is 0 Å². The molecule has 118 valence electrons. The van der Waals surface area contributed by atoms with E-state index < -0.39 is 22.1 Å². The summed E-state index contributed by atoms with van der Waals surface area (Å²) < 4.78 is 64.2. The number of rotatable bonds is 2. The maximum absolute atomic E-state index is 12.6. The zero-order chi connectivity index (χ0) is 15.8. The lowest BCUT2D eigenvalue weighted by atomic mass is 9.98. The summed E-state index contributed by atoms with van der Waals surface area (Å²) in [5.41, 5.74) is 5.86. The molecule has 21 heavy (non-hydrogen) atoms. The van der Waals surface area contributed by atoms with Crippen molar-refractivity contribution in [2.45, 2.75) is 23.9 Å². The van der Waals surface area contributed by atoms with Gasteiger partial charge in [-0.25, -0.2) is 8.42 Å². The van der Waals surface area contributed by atoms with Crippen LogP contribution in [-0.2, 0) is 10.0 Å². The number of anilines is 1. The van der Waals surface area contributed by atoms with Gasteiger partial charge < -0.3 is 5.73 Å². The number of alkyl halides is 3. The molecule has 2 N–H and O–H groups in total. The van der Waals surface area contributed by atoms with Crippen LogP contribution in [0.4, 0.5) is 18.9 Å². The van der Waals surface area contributed by atoms with Crippen LogP contribution in [0.3, 0.4) is 0 Å². The summed E-state index contributed by atoms with van der Waals surface area (Å²) in [6.45, 7) is -0.290. The van der Waals surface area contributed by atoms with E-state index in [0.29, 0.717) is 4.47 Å². The Hall–Kier alpha value is -0.800. The van der Waals surface area contributed by atoms with Crippen molar-refractivity contribution in [3.8, 4) is 0 Å². The second kappa shape index (κ2) is 5.77. The number of hydrogen-bond acceptors (Lipinski definition) is 3. The number of halogens is 4. The summed E-state index contributed by atoms with van der Waals surface area (Å²) >= 11 is 3.14. The van der Waals surface area contributed by atoms with E-state index in [-0.39, 0.29) is 36.5 Å². The van der Waals surface area contributed by atoms with E-state index in [0.717, 1.165) is 4.31 Å². The van der Waals surface area contributed by atoms with E-state index in [4.69, 9.17) is 5.73 Å². The molecule has 0 atom stereocenters. The highest BCUT2D eigenvalue weighted by Gasteiger charge is 2.43. The molecule has 1 fully saturated rings. The molecule has 1 aromatic carbocycles. The fraction of sp³-hybridized carbons (Fsp3) is 0.500. The van der Waals surface area contributed by atoms with Crippen molar-refractivity contribution >= 4 is 31.6 Å². The fourth-order valence-electron chi connectivity index (χ4n) is 2.28. The number of nitrogens with zero attached hydrogens (tertiary/aromatic N) is 1. The first kappa shape index (κ1) is 16.6. The number of piperidine rings is 1. The van der Waals surface area contributed by atoms with Gasteiger partial charge in [-0.3, -0.25) is 0 Å². The second-order valence-electron chi connectivity index (χ2n) is 4.91. The fourth-order valence-corrected chi connectivity index (χ4v) is 4.71. The number of nitrogen functional groups attached to an aromatic ring is 1. The molecule has 0 bridgehead atoms. The molecule has 0 amide bonds. The lowest BCUT2D eigenvalue weighted by Crippen LogP contribution is -2.42. The largest absolute Gasteiger partial charge is 0.399 e. The average molecular weight is 387 g/mol. The maximum Gasteiger partial charge on any atom is 0.391 e. The minimum atomic E-state index is -4.27. The van der Waals surface area contributed by atoms with Crippen LogP contribution in [0, 0.1) is 5.92 Å². The van der Waals surface area contributed by atoms with Crippen LogP contribution in [0.2, 0.25) is 0 Å². The van der Waals surface area contributed by atoms with Gasteiger partial charge in [-0.1, -0.05) is 0 Å². The molecular weight excluding hydrogens is 373 g/mol. The number of benzene rings is 1. The van der Waals surface area contributed by atoms with Crippen LogP contribution in [-0.4, -0.2) is 32.0 Å². The van der Waals surface area contributed by atoms with E-state index in [9.17, 15) is 21.6 Å². The van der Waals surface area contributed by atoms with Gasteiger partial charge in [0.1, 0.15) is 0 Å². The zero-order valence-corrected chi connectivity index (χ0v) is 13.3. The standard InChI is InChI=1S/C12H14BrF3N2O2S/c13-10-2-1-9(17)7-11(10)21(19,20)18-5-3-8(4-6-18)12(14,15)16/h1-2,7-8H,3-6,17H2. The summed E-state index contributed by atoms with van der Waals surface area (Å²) in [6, 6.07) is 4.35.